The van der Waals surface area contributed by atoms with Crippen LogP contribution in [0.2, 0.25) is 0 Å². The van der Waals surface area contributed by atoms with Crippen molar-refractivity contribution >= 4 is 5.91 Å². The Bertz CT molecular complexity index is 221. The molecule has 2 unspecified atom stereocenters. The monoisotopic (exact) mass is 228 g/mol. The van der Waals surface area contributed by atoms with E-state index in [4.69, 9.17) is 10.5 Å². The molecule has 2 N–H and O–H groups in total. The summed E-state index contributed by atoms with van der Waals surface area (Å²) in [5.41, 5.74) is 6.01. The Morgan fingerprint density at radius 2 is 2.25 bits per heavy atom. The number of nitrogens with zero attached hydrogens (tertiary/aromatic N) is 1. The van der Waals surface area contributed by atoms with Crippen LogP contribution in [0, 0.1) is 5.92 Å². The normalized spacial score (nSPS) is 25.8. The molecule has 0 bridgehead atoms. The molecule has 1 heterocycles. The summed E-state index contributed by atoms with van der Waals surface area (Å²) < 4.78 is 5.20. The van der Waals surface area contributed by atoms with Crippen LogP contribution in [0.15, 0.2) is 0 Å². The third-order valence-corrected chi connectivity index (χ3v) is 3.33. The van der Waals surface area contributed by atoms with Gasteiger partial charge in [0, 0.05) is 25.7 Å². The van der Waals surface area contributed by atoms with Crippen LogP contribution in [0.25, 0.3) is 0 Å². The van der Waals surface area contributed by atoms with Gasteiger partial charge in [0.15, 0.2) is 0 Å². The second-order valence-corrected chi connectivity index (χ2v) is 4.41. The van der Waals surface area contributed by atoms with Gasteiger partial charge in [0.05, 0.1) is 13.0 Å². The molecule has 4 nitrogen and oxygen atoms in total. The number of piperidine rings is 1. The van der Waals surface area contributed by atoms with Gasteiger partial charge in [0.2, 0.25) is 5.91 Å². The zero-order valence-electron chi connectivity index (χ0n) is 10.4. The lowest BCUT2D eigenvalue weighted by Crippen LogP contribution is -2.49. The van der Waals surface area contributed by atoms with Crippen LogP contribution >= 0.6 is 0 Å². The van der Waals surface area contributed by atoms with Crippen LogP contribution in [0.1, 0.15) is 33.1 Å². The molecule has 0 radical (unpaired) electrons. The molecule has 94 valence electrons. The van der Waals surface area contributed by atoms with Gasteiger partial charge in [-0.05, 0) is 19.3 Å². The summed E-state index contributed by atoms with van der Waals surface area (Å²) in [6.45, 7) is 6.92. The fraction of sp³-hybridized carbons (Fsp3) is 0.917. The first kappa shape index (κ1) is 13.5. The molecule has 0 aromatic rings. The number of carbonyl (C=O) groups is 1. The third kappa shape index (κ3) is 3.76. The van der Waals surface area contributed by atoms with E-state index in [9.17, 15) is 4.79 Å². The number of rotatable bonds is 5. The standard InChI is InChI=1S/C12H24N2O2/c1-3-10-9-14(7-5-11(10)13)12(15)6-8-16-4-2/h10-11H,3-9,13H2,1-2H3. The molecule has 2 atom stereocenters. The van der Waals surface area contributed by atoms with Crippen molar-refractivity contribution in [1.29, 1.82) is 0 Å². The highest BCUT2D eigenvalue weighted by Gasteiger charge is 2.27. The first-order valence-corrected chi connectivity index (χ1v) is 6.30. The molecule has 4 heteroatoms. The van der Waals surface area contributed by atoms with Crippen LogP contribution in [-0.4, -0.2) is 43.2 Å². The number of likely N-dealkylation sites (tertiary alicyclic amines) is 1. The molecular weight excluding hydrogens is 204 g/mol. The molecule has 1 amide bonds. The molecule has 0 aromatic heterocycles. The minimum Gasteiger partial charge on any atom is -0.381 e. The van der Waals surface area contributed by atoms with Crippen LogP contribution in [0.3, 0.4) is 0 Å². The minimum absolute atomic E-state index is 0.207. The molecule has 1 rings (SSSR count). The van der Waals surface area contributed by atoms with Crippen molar-refractivity contribution in [1.82, 2.24) is 4.90 Å². The van der Waals surface area contributed by atoms with Crippen LogP contribution in [0.4, 0.5) is 0 Å². The summed E-state index contributed by atoms with van der Waals surface area (Å²) in [6.07, 6.45) is 2.48. The summed E-state index contributed by atoms with van der Waals surface area (Å²) in [7, 11) is 0. The number of ether oxygens (including phenoxy) is 1. The highest BCUT2D eigenvalue weighted by atomic mass is 16.5. The maximum atomic E-state index is 11.8. The Hall–Kier alpha value is -0.610. The Balaban J connectivity index is 2.33. The summed E-state index contributed by atoms with van der Waals surface area (Å²) in [5, 5.41) is 0. The molecule has 0 saturated carbocycles. The van der Waals surface area contributed by atoms with E-state index in [1.165, 1.54) is 0 Å². The average Bonchev–Trinajstić information content (AvgIpc) is 2.30. The van der Waals surface area contributed by atoms with Crippen molar-refractivity contribution in [3.8, 4) is 0 Å². The zero-order valence-corrected chi connectivity index (χ0v) is 10.4. The van der Waals surface area contributed by atoms with Crippen molar-refractivity contribution in [2.45, 2.75) is 39.2 Å². The molecule has 0 aliphatic carbocycles. The van der Waals surface area contributed by atoms with Gasteiger partial charge in [0.25, 0.3) is 0 Å². The molecule has 1 fully saturated rings. The number of carbonyl (C=O) groups excluding carboxylic acids is 1. The van der Waals surface area contributed by atoms with Gasteiger partial charge in [-0.3, -0.25) is 4.79 Å². The molecule has 1 saturated heterocycles. The largest absolute Gasteiger partial charge is 0.381 e. The Morgan fingerprint density at radius 3 is 2.88 bits per heavy atom. The van der Waals surface area contributed by atoms with Gasteiger partial charge in [-0.2, -0.15) is 0 Å². The van der Waals surface area contributed by atoms with Gasteiger partial charge >= 0.3 is 0 Å². The molecular formula is C12H24N2O2. The lowest BCUT2D eigenvalue weighted by molar-refractivity contribution is -0.134. The van der Waals surface area contributed by atoms with Crippen LogP contribution in [-0.2, 0) is 9.53 Å². The Morgan fingerprint density at radius 1 is 1.50 bits per heavy atom. The Labute approximate surface area is 98.1 Å². The SMILES string of the molecule is CCOCCC(=O)N1CCC(N)C(CC)C1. The van der Waals surface area contributed by atoms with E-state index in [2.05, 4.69) is 6.92 Å². The highest BCUT2D eigenvalue weighted by Crippen LogP contribution is 2.18. The Kier molecular flexibility index (Phi) is 5.77. The topological polar surface area (TPSA) is 55.6 Å². The maximum absolute atomic E-state index is 11.8. The lowest BCUT2D eigenvalue weighted by atomic mass is 9.90. The van der Waals surface area contributed by atoms with Crippen LogP contribution < -0.4 is 5.73 Å². The van der Waals surface area contributed by atoms with Crippen molar-refractivity contribution < 1.29 is 9.53 Å². The van der Waals surface area contributed by atoms with Crippen LogP contribution in [0.5, 0.6) is 0 Å². The van der Waals surface area contributed by atoms with E-state index in [0.29, 0.717) is 25.6 Å². The van der Waals surface area contributed by atoms with E-state index in [0.717, 1.165) is 25.9 Å². The van der Waals surface area contributed by atoms with E-state index in [1.807, 2.05) is 11.8 Å². The second kappa shape index (κ2) is 6.86. The van der Waals surface area contributed by atoms with Gasteiger partial charge in [-0.15, -0.1) is 0 Å². The summed E-state index contributed by atoms with van der Waals surface area (Å²) in [6, 6.07) is 0.265. The van der Waals surface area contributed by atoms with E-state index in [-0.39, 0.29) is 11.9 Å². The fourth-order valence-corrected chi connectivity index (χ4v) is 2.17. The molecule has 0 spiro atoms. The third-order valence-electron chi connectivity index (χ3n) is 3.33. The zero-order chi connectivity index (χ0) is 12.0. The summed E-state index contributed by atoms with van der Waals surface area (Å²) in [4.78, 5) is 13.8. The smallest absolute Gasteiger partial charge is 0.224 e. The lowest BCUT2D eigenvalue weighted by Gasteiger charge is -2.36. The number of hydrogen-bond acceptors (Lipinski definition) is 3. The first-order valence-electron chi connectivity index (χ1n) is 6.30. The predicted octanol–water partition coefficient (Wildman–Crippen LogP) is 0.999. The average molecular weight is 228 g/mol. The molecule has 0 aromatic carbocycles. The first-order chi connectivity index (χ1) is 7.69. The van der Waals surface area contributed by atoms with Crippen molar-refractivity contribution in [3.05, 3.63) is 0 Å². The van der Waals surface area contributed by atoms with Crippen molar-refractivity contribution in [3.63, 3.8) is 0 Å². The molecule has 1 aliphatic rings. The van der Waals surface area contributed by atoms with Gasteiger partial charge < -0.3 is 15.4 Å². The quantitative estimate of drug-likeness (QED) is 0.714. The number of nitrogens with two attached hydrogens (primary N) is 1. The van der Waals surface area contributed by atoms with Crippen molar-refractivity contribution in [2.75, 3.05) is 26.3 Å². The highest BCUT2D eigenvalue weighted by molar-refractivity contribution is 5.76. The van der Waals surface area contributed by atoms with Crippen molar-refractivity contribution in [2.24, 2.45) is 11.7 Å². The van der Waals surface area contributed by atoms with Gasteiger partial charge in [-0.1, -0.05) is 13.3 Å². The fourth-order valence-electron chi connectivity index (χ4n) is 2.17. The second-order valence-electron chi connectivity index (χ2n) is 4.41. The van der Waals surface area contributed by atoms with E-state index < -0.39 is 0 Å². The van der Waals surface area contributed by atoms with E-state index >= 15 is 0 Å². The van der Waals surface area contributed by atoms with Gasteiger partial charge in [0.1, 0.15) is 0 Å². The van der Waals surface area contributed by atoms with Gasteiger partial charge in [-0.25, -0.2) is 0 Å². The number of amides is 1. The maximum Gasteiger partial charge on any atom is 0.224 e. The summed E-state index contributed by atoms with van der Waals surface area (Å²) >= 11 is 0. The number of hydrogen-bond donors (Lipinski definition) is 1. The molecule has 16 heavy (non-hydrogen) atoms. The predicted molar refractivity (Wildman–Crippen MR) is 64.1 cm³/mol. The van der Waals surface area contributed by atoms with E-state index in [1.54, 1.807) is 0 Å². The minimum atomic E-state index is 0.207. The molecule has 1 aliphatic heterocycles. The summed E-state index contributed by atoms with van der Waals surface area (Å²) in [5.74, 6) is 0.670.